The van der Waals surface area contributed by atoms with Gasteiger partial charge in [0, 0.05) is 11.2 Å². The van der Waals surface area contributed by atoms with Gasteiger partial charge in [-0.2, -0.15) is 0 Å². The van der Waals surface area contributed by atoms with E-state index in [0.717, 1.165) is 6.26 Å². The molecule has 0 fully saturated rings. The van der Waals surface area contributed by atoms with Crippen LogP contribution in [0.15, 0.2) is 5.11 Å². The highest BCUT2D eigenvalue weighted by atomic mass is 32.2. The molecule has 10 heavy (non-hydrogen) atoms. The quantitative estimate of drug-likeness (QED) is 0.351. The summed E-state index contributed by atoms with van der Waals surface area (Å²) in [6, 6.07) is 0. The van der Waals surface area contributed by atoms with Crippen LogP contribution in [0.4, 0.5) is 0 Å². The average molecular weight is 165 g/mol. The molecular formula is C3H7N3O3S. The van der Waals surface area contributed by atoms with Crippen molar-refractivity contribution in [2.45, 2.75) is 5.44 Å². The van der Waals surface area contributed by atoms with E-state index in [1.807, 2.05) is 0 Å². The number of hydrogen-bond acceptors (Lipinski definition) is 4. The molecular weight excluding hydrogens is 158 g/mol. The highest BCUT2D eigenvalue weighted by Crippen LogP contribution is 1.94. The van der Waals surface area contributed by atoms with E-state index < -0.39 is 21.8 Å². The molecule has 1 unspecified atom stereocenters. The number of hydrogen-bond donors (Lipinski definition) is 1. The van der Waals surface area contributed by atoms with Crippen molar-refractivity contribution in [1.29, 1.82) is 0 Å². The number of rotatable bonds is 3. The van der Waals surface area contributed by atoms with Crippen LogP contribution in [0.25, 0.3) is 10.4 Å². The van der Waals surface area contributed by atoms with Gasteiger partial charge in [-0.3, -0.25) is 0 Å². The summed E-state index contributed by atoms with van der Waals surface area (Å²) < 4.78 is 20.8. The van der Waals surface area contributed by atoms with E-state index in [2.05, 4.69) is 10.0 Å². The smallest absolute Gasteiger partial charge is 0.174 e. The standard InChI is InChI=1S/C3H7N3O3S/c1-10(8,9)3(7)2-5-6-4/h3,7H,2H2,1H3. The second-order valence-corrected chi connectivity index (χ2v) is 3.90. The van der Waals surface area contributed by atoms with E-state index in [4.69, 9.17) is 10.6 Å². The van der Waals surface area contributed by atoms with E-state index in [1.165, 1.54) is 0 Å². The normalized spacial score (nSPS) is 13.8. The molecule has 0 saturated carbocycles. The third kappa shape index (κ3) is 3.29. The van der Waals surface area contributed by atoms with Gasteiger partial charge in [-0.1, -0.05) is 5.11 Å². The Balaban J connectivity index is 4.12. The molecule has 0 radical (unpaired) electrons. The molecule has 6 nitrogen and oxygen atoms in total. The number of aliphatic hydroxyl groups is 1. The predicted octanol–water partition coefficient (Wildman–Crippen LogP) is -0.340. The summed E-state index contributed by atoms with van der Waals surface area (Å²) >= 11 is 0. The molecule has 58 valence electrons. The molecule has 0 aliphatic heterocycles. The first-order valence-electron chi connectivity index (χ1n) is 2.36. The Bertz CT molecular complexity index is 240. The number of nitrogens with zero attached hydrogens (tertiary/aromatic N) is 3. The fraction of sp³-hybridized carbons (Fsp3) is 1.00. The fourth-order valence-corrected chi connectivity index (χ4v) is 0.579. The minimum absolute atomic E-state index is 0.435. The van der Waals surface area contributed by atoms with Crippen LogP contribution in [-0.2, 0) is 9.84 Å². The molecule has 0 saturated heterocycles. The maximum Gasteiger partial charge on any atom is 0.174 e. The zero-order chi connectivity index (χ0) is 8.20. The summed E-state index contributed by atoms with van der Waals surface area (Å²) in [5.41, 5.74) is 6.15. The Hall–Kier alpha value is -0.780. The SMILES string of the molecule is CS(=O)(=O)C(O)CN=[N+]=[N-]. The van der Waals surface area contributed by atoms with Crippen LogP contribution in [0.5, 0.6) is 0 Å². The van der Waals surface area contributed by atoms with Crippen LogP contribution >= 0.6 is 0 Å². The molecule has 0 aliphatic carbocycles. The molecule has 7 heteroatoms. The van der Waals surface area contributed by atoms with Gasteiger partial charge in [-0.15, -0.1) is 0 Å². The average Bonchev–Trinajstić information content (AvgIpc) is 1.80. The van der Waals surface area contributed by atoms with Gasteiger partial charge in [0.25, 0.3) is 0 Å². The highest BCUT2D eigenvalue weighted by Gasteiger charge is 2.14. The zero-order valence-corrected chi connectivity index (χ0v) is 6.11. The predicted molar refractivity (Wildman–Crippen MR) is 34.9 cm³/mol. The van der Waals surface area contributed by atoms with Crippen molar-refractivity contribution < 1.29 is 13.5 Å². The molecule has 0 heterocycles. The van der Waals surface area contributed by atoms with Gasteiger partial charge >= 0.3 is 0 Å². The molecule has 0 aromatic rings. The largest absolute Gasteiger partial charge is 0.377 e. The third-order valence-corrected chi connectivity index (χ3v) is 1.93. The Morgan fingerprint density at radius 2 is 2.30 bits per heavy atom. The lowest BCUT2D eigenvalue weighted by atomic mass is 10.7. The lowest BCUT2D eigenvalue weighted by molar-refractivity contribution is 0.257. The zero-order valence-electron chi connectivity index (χ0n) is 5.30. The first-order chi connectivity index (χ1) is 4.48. The van der Waals surface area contributed by atoms with Crippen LogP contribution in [0.1, 0.15) is 0 Å². The molecule has 0 aliphatic rings. The summed E-state index contributed by atoms with van der Waals surface area (Å²) in [6.07, 6.45) is 0.866. The first kappa shape index (κ1) is 9.22. The van der Waals surface area contributed by atoms with Crippen molar-refractivity contribution in [1.82, 2.24) is 0 Å². The maximum atomic E-state index is 10.4. The van der Waals surface area contributed by atoms with Gasteiger partial charge in [-0.05, 0) is 5.53 Å². The highest BCUT2D eigenvalue weighted by molar-refractivity contribution is 7.91. The van der Waals surface area contributed by atoms with Gasteiger partial charge in [0.2, 0.25) is 0 Å². The van der Waals surface area contributed by atoms with Crippen LogP contribution in [0.3, 0.4) is 0 Å². The van der Waals surface area contributed by atoms with Crippen molar-refractivity contribution in [2.24, 2.45) is 5.11 Å². The second-order valence-electron chi connectivity index (χ2n) is 1.70. The molecule has 0 aromatic heterocycles. The van der Waals surface area contributed by atoms with Crippen molar-refractivity contribution in [2.75, 3.05) is 12.8 Å². The Morgan fingerprint density at radius 3 is 2.60 bits per heavy atom. The molecule has 0 bridgehead atoms. The van der Waals surface area contributed by atoms with Crippen molar-refractivity contribution in [3.8, 4) is 0 Å². The number of aliphatic hydroxyl groups excluding tert-OH is 1. The first-order valence-corrected chi connectivity index (χ1v) is 4.31. The van der Waals surface area contributed by atoms with Crippen LogP contribution < -0.4 is 0 Å². The van der Waals surface area contributed by atoms with E-state index in [0.29, 0.717) is 0 Å². The van der Waals surface area contributed by atoms with E-state index >= 15 is 0 Å². The van der Waals surface area contributed by atoms with Crippen LogP contribution in [0, 0.1) is 0 Å². The van der Waals surface area contributed by atoms with Crippen molar-refractivity contribution in [3.05, 3.63) is 10.4 Å². The van der Waals surface area contributed by atoms with Gasteiger partial charge in [0.1, 0.15) is 0 Å². The maximum absolute atomic E-state index is 10.4. The van der Waals surface area contributed by atoms with Gasteiger partial charge in [0.15, 0.2) is 15.3 Å². The van der Waals surface area contributed by atoms with Crippen molar-refractivity contribution in [3.63, 3.8) is 0 Å². The van der Waals surface area contributed by atoms with Gasteiger partial charge in [-0.25, -0.2) is 8.42 Å². The lowest BCUT2D eigenvalue weighted by Crippen LogP contribution is -2.21. The number of sulfone groups is 1. The minimum Gasteiger partial charge on any atom is -0.377 e. The molecule has 0 aromatic carbocycles. The number of azide groups is 1. The van der Waals surface area contributed by atoms with E-state index in [1.54, 1.807) is 0 Å². The Morgan fingerprint density at radius 1 is 1.80 bits per heavy atom. The molecule has 0 spiro atoms. The summed E-state index contributed by atoms with van der Waals surface area (Å²) in [6.45, 7) is -0.435. The van der Waals surface area contributed by atoms with Crippen molar-refractivity contribution >= 4 is 9.84 Å². The fourth-order valence-electron chi connectivity index (χ4n) is 0.242. The molecule has 0 rings (SSSR count). The summed E-state index contributed by atoms with van der Waals surface area (Å²) in [7, 11) is -3.48. The van der Waals surface area contributed by atoms with E-state index in [-0.39, 0.29) is 0 Å². The van der Waals surface area contributed by atoms with Gasteiger partial charge < -0.3 is 5.11 Å². The molecule has 0 amide bonds. The third-order valence-electron chi connectivity index (χ3n) is 0.795. The van der Waals surface area contributed by atoms with Crippen LogP contribution in [0.2, 0.25) is 0 Å². The molecule has 1 N–H and O–H groups in total. The van der Waals surface area contributed by atoms with Crippen LogP contribution in [-0.4, -0.2) is 31.8 Å². The summed E-state index contributed by atoms with van der Waals surface area (Å²) in [5, 5.41) is 11.6. The van der Waals surface area contributed by atoms with E-state index in [9.17, 15) is 8.42 Å². The monoisotopic (exact) mass is 165 g/mol. The lowest BCUT2D eigenvalue weighted by Gasteiger charge is -2.01. The molecule has 1 atom stereocenters. The summed E-state index contributed by atoms with van der Waals surface area (Å²) in [5.74, 6) is 0. The topological polar surface area (TPSA) is 103 Å². The second kappa shape index (κ2) is 3.40. The minimum atomic E-state index is -3.48. The Kier molecular flexibility index (Phi) is 3.14. The van der Waals surface area contributed by atoms with Gasteiger partial charge in [0.05, 0.1) is 6.54 Å². The Labute approximate surface area is 58.0 Å². The summed E-state index contributed by atoms with van der Waals surface area (Å²) in [4.78, 5) is 2.29.